The van der Waals surface area contributed by atoms with E-state index in [2.05, 4.69) is 29.0 Å². The quantitative estimate of drug-likeness (QED) is 0.868. The van der Waals surface area contributed by atoms with Gasteiger partial charge in [0.2, 0.25) is 0 Å². The van der Waals surface area contributed by atoms with Gasteiger partial charge in [0.25, 0.3) is 0 Å². The minimum atomic E-state index is 0.685. The van der Waals surface area contributed by atoms with E-state index in [-0.39, 0.29) is 0 Å². The number of aromatic nitrogens is 1. The van der Waals surface area contributed by atoms with Crippen LogP contribution in [0.25, 0.3) is 0 Å². The van der Waals surface area contributed by atoms with Gasteiger partial charge in [0.15, 0.2) is 11.6 Å². The van der Waals surface area contributed by atoms with Crippen LogP contribution < -0.4 is 10.1 Å². The number of nitrogens with one attached hydrogen (secondary N) is 1. The van der Waals surface area contributed by atoms with E-state index >= 15 is 0 Å². The van der Waals surface area contributed by atoms with Gasteiger partial charge in [-0.3, -0.25) is 0 Å². The van der Waals surface area contributed by atoms with E-state index in [9.17, 15) is 0 Å². The first-order chi connectivity index (χ1) is 8.90. The number of nitrogens with zero attached hydrogens (tertiary/aromatic N) is 1. The van der Waals surface area contributed by atoms with E-state index in [1.54, 1.807) is 0 Å². The topological polar surface area (TPSA) is 34.1 Å². The molecule has 0 aromatic carbocycles. The molecule has 1 aromatic heterocycles. The van der Waals surface area contributed by atoms with Gasteiger partial charge < -0.3 is 10.1 Å². The first-order valence-corrected chi connectivity index (χ1v) is 8.61. The fraction of sp³-hybridized carbons (Fsp3) is 0.615. The number of thioether (sulfide) groups is 2. The summed E-state index contributed by atoms with van der Waals surface area (Å²) in [5.74, 6) is 5.53. The molecule has 5 heteroatoms. The lowest BCUT2D eigenvalue weighted by atomic mass is 10.4. The molecule has 0 saturated carbocycles. The molecule has 100 valence electrons. The van der Waals surface area contributed by atoms with E-state index in [0.717, 1.165) is 31.1 Å². The Kier molecular flexibility index (Phi) is 6.00. The van der Waals surface area contributed by atoms with Crippen molar-refractivity contribution < 1.29 is 4.74 Å². The highest BCUT2D eigenvalue weighted by molar-refractivity contribution is 8.06. The molecule has 1 fully saturated rings. The Bertz CT molecular complexity index is 357. The van der Waals surface area contributed by atoms with E-state index < -0.39 is 0 Å². The Morgan fingerprint density at radius 2 is 2.44 bits per heavy atom. The molecule has 0 spiro atoms. The van der Waals surface area contributed by atoms with Gasteiger partial charge in [0, 0.05) is 35.3 Å². The van der Waals surface area contributed by atoms with Crippen LogP contribution in [0.2, 0.25) is 0 Å². The molecule has 2 heterocycles. The zero-order valence-electron chi connectivity index (χ0n) is 10.7. The average Bonchev–Trinajstić information content (AvgIpc) is 2.45. The van der Waals surface area contributed by atoms with Gasteiger partial charge in [0.1, 0.15) is 0 Å². The molecule has 0 aliphatic carbocycles. The van der Waals surface area contributed by atoms with Crippen LogP contribution in [0.4, 0.5) is 5.82 Å². The van der Waals surface area contributed by atoms with Crippen molar-refractivity contribution in [2.24, 2.45) is 0 Å². The molecule has 1 aliphatic rings. The Hall–Kier alpha value is -0.550. The number of anilines is 1. The highest BCUT2D eigenvalue weighted by Gasteiger charge is 2.14. The third-order valence-electron chi connectivity index (χ3n) is 2.61. The van der Waals surface area contributed by atoms with E-state index in [0.29, 0.717) is 5.25 Å². The van der Waals surface area contributed by atoms with Crippen molar-refractivity contribution in [3.8, 4) is 5.75 Å². The Morgan fingerprint density at radius 3 is 3.22 bits per heavy atom. The lowest BCUT2D eigenvalue weighted by Crippen LogP contribution is -2.23. The number of rotatable bonds is 6. The van der Waals surface area contributed by atoms with Crippen LogP contribution in [0.3, 0.4) is 0 Å². The lowest BCUT2D eigenvalue weighted by molar-refractivity contribution is 0.318. The second-order valence-corrected chi connectivity index (χ2v) is 6.71. The van der Waals surface area contributed by atoms with E-state index in [4.69, 9.17) is 4.74 Å². The van der Waals surface area contributed by atoms with Crippen LogP contribution in [0.5, 0.6) is 5.75 Å². The van der Waals surface area contributed by atoms with Gasteiger partial charge in [-0.2, -0.15) is 23.5 Å². The lowest BCUT2D eigenvalue weighted by Gasteiger charge is -2.22. The van der Waals surface area contributed by atoms with Crippen molar-refractivity contribution >= 4 is 29.3 Å². The van der Waals surface area contributed by atoms with Crippen LogP contribution in [0.15, 0.2) is 18.3 Å². The number of hydrogen-bond acceptors (Lipinski definition) is 5. The highest BCUT2D eigenvalue weighted by Crippen LogP contribution is 2.26. The minimum Gasteiger partial charge on any atom is -0.490 e. The largest absolute Gasteiger partial charge is 0.490 e. The number of ether oxygens (including phenoxy) is 1. The predicted octanol–water partition coefficient (Wildman–Crippen LogP) is 3.13. The Balaban J connectivity index is 1.87. The van der Waals surface area contributed by atoms with E-state index in [1.807, 2.05) is 30.1 Å². The molecule has 1 aromatic rings. The van der Waals surface area contributed by atoms with Crippen molar-refractivity contribution in [1.82, 2.24) is 4.98 Å². The SMILES string of the molecule is CCCOc1cccnc1NCC1CSCCS1. The standard InChI is InChI=1S/C13H20N2OS2/c1-2-6-16-12-4-3-5-14-13(12)15-9-11-10-17-7-8-18-11/h3-5,11H,2,6-10H2,1H3,(H,14,15). The molecular formula is C13H20N2OS2. The molecule has 1 unspecified atom stereocenters. The summed E-state index contributed by atoms with van der Waals surface area (Å²) in [5, 5.41) is 4.11. The van der Waals surface area contributed by atoms with Gasteiger partial charge in [0.05, 0.1) is 6.61 Å². The molecule has 0 radical (unpaired) electrons. The van der Waals surface area contributed by atoms with Gasteiger partial charge in [-0.1, -0.05) is 6.92 Å². The highest BCUT2D eigenvalue weighted by atomic mass is 32.2. The van der Waals surface area contributed by atoms with Crippen LogP contribution in [-0.4, -0.2) is 40.6 Å². The maximum Gasteiger partial charge on any atom is 0.168 e. The monoisotopic (exact) mass is 284 g/mol. The summed E-state index contributed by atoms with van der Waals surface area (Å²) in [4.78, 5) is 4.36. The normalized spacial score (nSPS) is 19.5. The van der Waals surface area contributed by atoms with Crippen molar-refractivity contribution in [1.29, 1.82) is 0 Å². The van der Waals surface area contributed by atoms with E-state index in [1.165, 1.54) is 17.3 Å². The van der Waals surface area contributed by atoms with Gasteiger partial charge in [-0.25, -0.2) is 4.98 Å². The summed E-state index contributed by atoms with van der Waals surface area (Å²) in [6.07, 6.45) is 2.83. The number of pyridine rings is 1. The van der Waals surface area contributed by atoms with Crippen LogP contribution >= 0.6 is 23.5 Å². The molecule has 0 amide bonds. The predicted molar refractivity (Wildman–Crippen MR) is 82.1 cm³/mol. The minimum absolute atomic E-state index is 0.685. The smallest absolute Gasteiger partial charge is 0.168 e. The molecule has 1 saturated heterocycles. The third-order valence-corrected chi connectivity index (χ3v) is 5.46. The molecule has 18 heavy (non-hydrogen) atoms. The molecule has 1 N–H and O–H groups in total. The van der Waals surface area contributed by atoms with Crippen molar-refractivity contribution in [2.75, 3.05) is 35.7 Å². The summed E-state index contributed by atoms with van der Waals surface area (Å²) >= 11 is 4.10. The maximum atomic E-state index is 5.69. The van der Waals surface area contributed by atoms with Crippen LogP contribution in [0, 0.1) is 0 Å². The molecule has 3 nitrogen and oxygen atoms in total. The van der Waals surface area contributed by atoms with Gasteiger partial charge in [-0.15, -0.1) is 0 Å². The van der Waals surface area contributed by atoms with Crippen molar-refractivity contribution in [3.05, 3.63) is 18.3 Å². The second-order valence-electron chi connectivity index (χ2n) is 4.15. The maximum absolute atomic E-state index is 5.69. The molecule has 1 aliphatic heterocycles. The summed E-state index contributed by atoms with van der Waals surface area (Å²) in [6, 6.07) is 3.90. The van der Waals surface area contributed by atoms with Crippen LogP contribution in [0.1, 0.15) is 13.3 Å². The second kappa shape index (κ2) is 7.79. The third kappa shape index (κ3) is 4.28. The summed E-state index contributed by atoms with van der Waals surface area (Å²) in [7, 11) is 0. The molecule has 1 atom stereocenters. The number of hydrogen-bond donors (Lipinski definition) is 1. The average molecular weight is 284 g/mol. The van der Waals surface area contributed by atoms with Crippen molar-refractivity contribution in [3.63, 3.8) is 0 Å². The summed E-state index contributed by atoms with van der Waals surface area (Å²) in [5.41, 5.74) is 0. The molecular weight excluding hydrogens is 264 g/mol. The zero-order chi connectivity index (χ0) is 12.6. The molecule has 2 rings (SSSR count). The van der Waals surface area contributed by atoms with Crippen molar-refractivity contribution in [2.45, 2.75) is 18.6 Å². The fourth-order valence-corrected chi connectivity index (χ4v) is 4.33. The first-order valence-electron chi connectivity index (χ1n) is 6.41. The first kappa shape index (κ1) is 13.9. The van der Waals surface area contributed by atoms with Crippen LogP contribution in [-0.2, 0) is 0 Å². The Morgan fingerprint density at radius 1 is 1.50 bits per heavy atom. The Labute approximate surface area is 117 Å². The summed E-state index contributed by atoms with van der Waals surface area (Å²) < 4.78 is 5.69. The van der Waals surface area contributed by atoms with Gasteiger partial charge in [-0.05, 0) is 18.6 Å². The fourth-order valence-electron chi connectivity index (χ4n) is 1.72. The summed E-state index contributed by atoms with van der Waals surface area (Å²) in [6.45, 7) is 3.82. The van der Waals surface area contributed by atoms with Gasteiger partial charge >= 0.3 is 0 Å². The zero-order valence-corrected chi connectivity index (χ0v) is 12.4. The molecule has 0 bridgehead atoms.